The van der Waals surface area contributed by atoms with Crippen LogP contribution in [0.25, 0.3) is 0 Å². The Bertz CT molecular complexity index is 354. The predicted molar refractivity (Wildman–Crippen MR) is 96.6 cm³/mol. The Morgan fingerprint density at radius 1 is 1.14 bits per heavy atom. The Kier molecular flexibility index (Phi) is 8.37. The van der Waals surface area contributed by atoms with Crippen LogP contribution in [0.15, 0.2) is 22.8 Å². The molecule has 0 heterocycles. The molecule has 0 saturated heterocycles. The lowest BCUT2D eigenvalue weighted by molar-refractivity contribution is 0.481. The van der Waals surface area contributed by atoms with Crippen LogP contribution in [0.4, 0.5) is 0 Å². The Morgan fingerprint density at radius 3 is 2.38 bits per heavy atom. The SMILES string of the molecule is CCC(C)CCC1=C(C)C(C)CCC=C1CC(CC)CC. The van der Waals surface area contributed by atoms with Gasteiger partial charge in [0.2, 0.25) is 0 Å². The average molecular weight is 291 g/mol. The first-order valence-corrected chi connectivity index (χ1v) is 9.42. The molecule has 0 heteroatoms. The van der Waals surface area contributed by atoms with Gasteiger partial charge >= 0.3 is 0 Å². The van der Waals surface area contributed by atoms with Crippen molar-refractivity contribution in [1.82, 2.24) is 0 Å². The fourth-order valence-electron chi connectivity index (χ4n) is 3.45. The normalized spacial score (nSPS) is 21.5. The van der Waals surface area contributed by atoms with Gasteiger partial charge in [0.25, 0.3) is 0 Å². The van der Waals surface area contributed by atoms with Gasteiger partial charge in [-0.3, -0.25) is 0 Å². The van der Waals surface area contributed by atoms with Crippen LogP contribution in [0.5, 0.6) is 0 Å². The number of rotatable bonds is 8. The van der Waals surface area contributed by atoms with Crippen LogP contribution in [0.2, 0.25) is 0 Å². The Balaban J connectivity index is 2.91. The van der Waals surface area contributed by atoms with Crippen molar-refractivity contribution >= 4 is 0 Å². The lowest BCUT2D eigenvalue weighted by Crippen LogP contribution is -2.06. The van der Waals surface area contributed by atoms with Gasteiger partial charge in [-0.05, 0) is 67.9 Å². The average Bonchev–Trinajstić information content (AvgIpc) is 2.62. The summed E-state index contributed by atoms with van der Waals surface area (Å²) in [6, 6.07) is 0. The zero-order chi connectivity index (χ0) is 15.8. The molecule has 2 unspecified atom stereocenters. The number of hydrogen-bond acceptors (Lipinski definition) is 0. The maximum Gasteiger partial charge on any atom is -0.0226 e. The van der Waals surface area contributed by atoms with Crippen molar-refractivity contribution in [2.45, 2.75) is 92.9 Å². The lowest BCUT2D eigenvalue weighted by Gasteiger charge is -2.22. The van der Waals surface area contributed by atoms with E-state index >= 15 is 0 Å². The summed E-state index contributed by atoms with van der Waals surface area (Å²) in [5.41, 5.74) is 5.12. The second-order valence-electron chi connectivity index (χ2n) is 7.31. The van der Waals surface area contributed by atoms with E-state index < -0.39 is 0 Å². The molecule has 0 radical (unpaired) electrons. The van der Waals surface area contributed by atoms with Crippen molar-refractivity contribution in [3.63, 3.8) is 0 Å². The van der Waals surface area contributed by atoms with Crippen LogP contribution < -0.4 is 0 Å². The first kappa shape index (κ1) is 18.5. The molecule has 0 spiro atoms. The van der Waals surface area contributed by atoms with Crippen LogP contribution >= 0.6 is 0 Å². The first-order chi connectivity index (χ1) is 10.0. The van der Waals surface area contributed by atoms with Crippen LogP contribution in [0.3, 0.4) is 0 Å². The zero-order valence-corrected chi connectivity index (χ0v) is 15.5. The fourth-order valence-corrected chi connectivity index (χ4v) is 3.45. The molecule has 0 fully saturated rings. The van der Waals surface area contributed by atoms with E-state index in [1.54, 1.807) is 16.7 Å². The molecular formula is C21H38. The summed E-state index contributed by atoms with van der Waals surface area (Å²) >= 11 is 0. The van der Waals surface area contributed by atoms with Gasteiger partial charge < -0.3 is 0 Å². The van der Waals surface area contributed by atoms with Crippen molar-refractivity contribution in [3.05, 3.63) is 22.8 Å². The second-order valence-corrected chi connectivity index (χ2v) is 7.31. The highest BCUT2D eigenvalue weighted by Gasteiger charge is 2.19. The summed E-state index contributed by atoms with van der Waals surface area (Å²) in [6.45, 7) is 14.3. The minimum Gasteiger partial charge on any atom is -0.0810 e. The molecule has 1 rings (SSSR count). The molecule has 0 saturated carbocycles. The van der Waals surface area contributed by atoms with Gasteiger partial charge in [-0.1, -0.05) is 65.5 Å². The summed E-state index contributed by atoms with van der Waals surface area (Å²) in [4.78, 5) is 0. The van der Waals surface area contributed by atoms with Crippen molar-refractivity contribution in [2.24, 2.45) is 17.8 Å². The van der Waals surface area contributed by atoms with Gasteiger partial charge in [-0.15, -0.1) is 0 Å². The standard InChI is InChI=1S/C21H38/c1-7-16(4)13-14-21-18(6)17(5)11-10-12-20(21)15-19(8-2)9-3/h12,16-17,19H,7-11,13-15H2,1-6H3. The molecule has 0 amide bonds. The van der Waals surface area contributed by atoms with E-state index in [2.05, 4.69) is 47.6 Å². The van der Waals surface area contributed by atoms with E-state index in [4.69, 9.17) is 0 Å². The minimum atomic E-state index is 0.771. The molecule has 0 N–H and O–H groups in total. The van der Waals surface area contributed by atoms with Gasteiger partial charge in [-0.2, -0.15) is 0 Å². The van der Waals surface area contributed by atoms with Crippen LogP contribution in [0.1, 0.15) is 92.9 Å². The largest absolute Gasteiger partial charge is 0.0810 e. The second kappa shape index (κ2) is 9.49. The molecule has 0 bridgehead atoms. The Labute approximate surface area is 134 Å². The zero-order valence-electron chi connectivity index (χ0n) is 15.5. The summed E-state index contributed by atoms with van der Waals surface area (Å²) in [7, 11) is 0. The van der Waals surface area contributed by atoms with Crippen molar-refractivity contribution < 1.29 is 0 Å². The molecule has 1 aliphatic carbocycles. The van der Waals surface area contributed by atoms with E-state index in [-0.39, 0.29) is 0 Å². The summed E-state index contributed by atoms with van der Waals surface area (Å²) in [5.74, 6) is 2.50. The summed E-state index contributed by atoms with van der Waals surface area (Å²) in [6.07, 6.45) is 13.1. The third-order valence-electron chi connectivity index (χ3n) is 5.84. The quantitative estimate of drug-likeness (QED) is 0.439. The maximum atomic E-state index is 2.58. The van der Waals surface area contributed by atoms with Crippen molar-refractivity contribution in [1.29, 1.82) is 0 Å². The van der Waals surface area contributed by atoms with Gasteiger partial charge in [0.15, 0.2) is 0 Å². The molecule has 0 aromatic rings. The van der Waals surface area contributed by atoms with E-state index in [1.165, 1.54) is 51.4 Å². The van der Waals surface area contributed by atoms with Crippen LogP contribution in [-0.2, 0) is 0 Å². The third-order valence-corrected chi connectivity index (χ3v) is 5.84. The van der Waals surface area contributed by atoms with Crippen LogP contribution in [-0.4, -0.2) is 0 Å². The van der Waals surface area contributed by atoms with E-state index in [9.17, 15) is 0 Å². The third kappa shape index (κ3) is 5.64. The molecule has 122 valence electrons. The molecular weight excluding hydrogens is 252 g/mol. The highest BCUT2D eigenvalue weighted by molar-refractivity contribution is 5.37. The smallest absolute Gasteiger partial charge is 0.0226 e. The fraction of sp³-hybridized carbons (Fsp3) is 0.810. The monoisotopic (exact) mass is 290 g/mol. The Morgan fingerprint density at radius 2 is 1.81 bits per heavy atom. The van der Waals surface area contributed by atoms with Gasteiger partial charge in [0.05, 0.1) is 0 Å². The molecule has 1 aliphatic rings. The highest BCUT2D eigenvalue weighted by Crippen LogP contribution is 2.36. The first-order valence-electron chi connectivity index (χ1n) is 9.42. The molecule has 0 aromatic carbocycles. The van der Waals surface area contributed by atoms with Gasteiger partial charge in [0, 0.05) is 0 Å². The minimum absolute atomic E-state index is 0.771. The topological polar surface area (TPSA) is 0 Å². The molecule has 21 heavy (non-hydrogen) atoms. The van der Waals surface area contributed by atoms with Crippen molar-refractivity contribution in [2.75, 3.05) is 0 Å². The molecule has 2 atom stereocenters. The number of allylic oxidation sites excluding steroid dienone is 4. The summed E-state index contributed by atoms with van der Waals surface area (Å²) < 4.78 is 0. The maximum absolute atomic E-state index is 2.58. The molecule has 0 aromatic heterocycles. The van der Waals surface area contributed by atoms with E-state index in [0.29, 0.717) is 0 Å². The molecule has 0 aliphatic heterocycles. The highest BCUT2D eigenvalue weighted by atomic mass is 14.2. The Hall–Kier alpha value is -0.520. The van der Waals surface area contributed by atoms with Gasteiger partial charge in [0.1, 0.15) is 0 Å². The number of hydrogen-bond donors (Lipinski definition) is 0. The van der Waals surface area contributed by atoms with Crippen molar-refractivity contribution in [3.8, 4) is 0 Å². The summed E-state index contributed by atoms with van der Waals surface area (Å²) in [5, 5.41) is 0. The van der Waals surface area contributed by atoms with E-state index in [1.807, 2.05) is 0 Å². The van der Waals surface area contributed by atoms with Crippen LogP contribution in [0, 0.1) is 17.8 Å². The van der Waals surface area contributed by atoms with Gasteiger partial charge in [-0.25, -0.2) is 0 Å². The lowest BCUT2D eigenvalue weighted by atomic mass is 9.84. The predicted octanol–water partition coefficient (Wildman–Crippen LogP) is 7.31. The molecule has 0 nitrogen and oxygen atoms in total. The van der Waals surface area contributed by atoms with E-state index in [0.717, 1.165) is 17.8 Å².